The molecule has 2 aromatic rings. The normalized spacial score (nSPS) is 15.8. The summed E-state index contributed by atoms with van der Waals surface area (Å²) in [6.07, 6.45) is -0.116. The van der Waals surface area contributed by atoms with Gasteiger partial charge >= 0.3 is 0 Å². The molecular formula is C24H33FN4O3. The summed E-state index contributed by atoms with van der Waals surface area (Å²) >= 11 is 0. The van der Waals surface area contributed by atoms with Crippen molar-refractivity contribution in [2.45, 2.75) is 19.6 Å². The van der Waals surface area contributed by atoms with Crippen molar-refractivity contribution in [2.75, 3.05) is 53.0 Å². The molecule has 0 spiro atoms. The Hall–Kier alpha value is -2.84. The molecular weight excluding hydrogens is 411 g/mol. The van der Waals surface area contributed by atoms with Crippen molar-refractivity contribution in [3.05, 3.63) is 59.9 Å². The number of guanidine groups is 1. The largest absolute Gasteiger partial charge is 0.492 e. The topological polar surface area (TPSA) is 67.4 Å². The summed E-state index contributed by atoms with van der Waals surface area (Å²) in [5, 5.41) is 6.58. The van der Waals surface area contributed by atoms with Gasteiger partial charge in [-0.25, -0.2) is 4.39 Å². The van der Waals surface area contributed by atoms with Gasteiger partial charge in [0.2, 0.25) is 0 Å². The third-order valence-electron chi connectivity index (χ3n) is 5.12. The molecule has 7 nitrogen and oxygen atoms in total. The van der Waals surface area contributed by atoms with Crippen molar-refractivity contribution >= 4 is 5.96 Å². The number of nitrogens with one attached hydrogen (secondary N) is 2. The standard InChI is InChI=1S/C24H33FN4O3/c1-19(32-22-9-7-21(25)8-10-22)17-27-24(26-2)28-18-20-5-3-4-6-23(20)31-16-13-29-11-14-30-15-12-29/h3-10,19H,11-18H2,1-2H3,(H2,26,27,28). The summed E-state index contributed by atoms with van der Waals surface area (Å²) in [5.74, 6) is 1.89. The predicted molar refractivity (Wildman–Crippen MR) is 124 cm³/mol. The number of hydrogen-bond donors (Lipinski definition) is 2. The number of ether oxygens (including phenoxy) is 3. The van der Waals surface area contributed by atoms with Crippen molar-refractivity contribution in [1.29, 1.82) is 0 Å². The van der Waals surface area contributed by atoms with Crippen molar-refractivity contribution in [3.8, 4) is 11.5 Å². The second-order valence-corrected chi connectivity index (χ2v) is 7.60. The van der Waals surface area contributed by atoms with Gasteiger partial charge < -0.3 is 24.8 Å². The van der Waals surface area contributed by atoms with Crippen LogP contribution in [0.5, 0.6) is 11.5 Å². The van der Waals surface area contributed by atoms with E-state index in [1.165, 1.54) is 12.1 Å². The number of aliphatic imine (C=N–C) groups is 1. The molecule has 0 saturated carbocycles. The Morgan fingerprint density at radius 2 is 1.88 bits per heavy atom. The van der Waals surface area contributed by atoms with Crippen LogP contribution in [0.2, 0.25) is 0 Å². The Morgan fingerprint density at radius 3 is 2.62 bits per heavy atom. The van der Waals surface area contributed by atoms with E-state index in [1.54, 1.807) is 19.2 Å². The molecule has 0 radical (unpaired) electrons. The summed E-state index contributed by atoms with van der Waals surface area (Å²) in [6, 6.07) is 14.0. The van der Waals surface area contributed by atoms with Crippen molar-refractivity contribution in [1.82, 2.24) is 15.5 Å². The maximum Gasteiger partial charge on any atom is 0.191 e. The van der Waals surface area contributed by atoms with Crippen molar-refractivity contribution in [3.63, 3.8) is 0 Å². The van der Waals surface area contributed by atoms with Gasteiger partial charge in [0.25, 0.3) is 0 Å². The lowest BCUT2D eigenvalue weighted by Crippen LogP contribution is -2.41. The van der Waals surface area contributed by atoms with E-state index >= 15 is 0 Å². The van der Waals surface area contributed by atoms with Gasteiger partial charge in [0.15, 0.2) is 5.96 Å². The fourth-order valence-corrected chi connectivity index (χ4v) is 3.33. The van der Waals surface area contributed by atoms with Crippen LogP contribution in [0.3, 0.4) is 0 Å². The highest BCUT2D eigenvalue weighted by molar-refractivity contribution is 5.79. The molecule has 2 aromatic carbocycles. The molecule has 1 atom stereocenters. The van der Waals surface area contributed by atoms with Gasteiger partial charge in [0.05, 0.1) is 19.8 Å². The maximum absolute atomic E-state index is 13.0. The Balaban J connectivity index is 1.42. The first-order chi connectivity index (χ1) is 15.6. The highest BCUT2D eigenvalue weighted by Gasteiger charge is 2.11. The molecule has 2 N–H and O–H groups in total. The molecule has 1 saturated heterocycles. The van der Waals surface area contributed by atoms with E-state index in [1.807, 2.05) is 31.2 Å². The number of hydrogen-bond acceptors (Lipinski definition) is 5. The molecule has 0 amide bonds. The number of halogens is 1. The van der Waals surface area contributed by atoms with Crippen LogP contribution in [0.25, 0.3) is 0 Å². The zero-order valence-corrected chi connectivity index (χ0v) is 18.9. The lowest BCUT2D eigenvalue weighted by atomic mass is 10.2. The third kappa shape index (κ3) is 8.01. The van der Waals surface area contributed by atoms with Gasteiger partial charge in [-0.05, 0) is 37.3 Å². The van der Waals surface area contributed by atoms with Gasteiger partial charge in [0, 0.05) is 38.8 Å². The van der Waals surface area contributed by atoms with Crippen LogP contribution in [0, 0.1) is 5.82 Å². The van der Waals surface area contributed by atoms with Gasteiger partial charge in [-0.1, -0.05) is 18.2 Å². The van der Waals surface area contributed by atoms with Gasteiger partial charge in [-0.2, -0.15) is 0 Å². The van der Waals surface area contributed by atoms with E-state index in [0.717, 1.165) is 44.2 Å². The van der Waals surface area contributed by atoms with Crippen LogP contribution in [-0.4, -0.2) is 70.0 Å². The summed E-state index contributed by atoms with van der Waals surface area (Å²) in [7, 11) is 1.73. The minimum Gasteiger partial charge on any atom is -0.492 e. The molecule has 0 bridgehead atoms. The molecule has 1 unspecified atom stereocenters. The maximum atomic E-state index is 13.0. The first-order valence-corrected chi connectivity index (χ1v) is 11.0. The first-order valence-electron chi connectivity index (χ1n) is 11.0. The Bertz CT molecular complexity index is 841. The second kappa shape index (κ2) is 12.9. The van der Waals surface area contributed by atoms with E-state index in [9.17, 15) is 4.39 Å². The van der Waals surface area contributed by atoms with E-state index in [0.29, 0.717) is 31.4 Å². The molecule has 1 fully saturated rings. The molecule has 0 aromatic heterocycles. The SMILES string of the molecule is CN=C(NCc1ccccc1OCCN1CCOCC1)NCC(C)Oc1ccc(F)cc1. The van der Waals surface area contributed by atoms with E-state index < -0.39 is 0 Å². The molecule has 174 valence electrons. The highest BCUT2D eigenvalue weighted by Crippen LogP contribution is 2.18. The van der Waals surface area contributed by atoms with Crippen molar-refractivity contribution in [2.24, 2.45) is 4.99 Å². The zero-order chi connectivity index (χ0) is 22.6. The van der Waals surface area contributed by atoms with Crippen LogP contribution < -0.4 is 20.1 Å². The van der Waals surface area contributed by atoms with E-state index in [-0.39, 0.29) is 11.9 Å². The average Bonchev–Trinajstić information content (AvgIpc) is 2.82. The molecule has 3 rings (SSSR count). The van der Waals surface area contributed by atoms with E-state index in [4.69, 9.17) is 14.2 Å². The van der Waals surface area contributed by atoms with Crippen molar-refractivity contribution < 1.29 is 18.6 Å². The van der Waals surface area contributed by atoms with Gasteiger partial charge in [-0.15, -0.1) is 0 Å². The molecule has 1 heterocycles. The lowest BCUT2D eigenvalue weighted by molar-refractivity contribution is 0.0322. The monoisotopic (exact) mass is 444 g/mol. The van der Waals surface area contributed by atoms with Gasteiger partial charge in [-0.3, -0.25) is 9.89 Å². The predicted octanol–water partition coefficient (Wildman–Crippen LogP) is 2.67. The number of para-hydroxylation sites is 1. The lowest BCUT2D eigenvalue weighted by Gasteiger charge is -2.26. The highest BCUT2D eigenvalue weighted by atomic mass is 19.1. The minimum absolute atomic E-state index is 0.116. The molecule has 32 heavy (non-hydrogen) atoms. The molecule has 0 aliphatic carbocycles. The number of nitrogens with zero attached hydrogens (tertiary/aromatic N) is 2. The van der Waals surface area contributed by atoms with Crippen LogP contribution in [0.15, 0.2) is 53.5 Å². The number of rotatable bonds is 10. The summed E-state index contributed by atoms with van der Waals surface area (Å²) < 4.78 is 30.3. The quantitative estimate of drug-likeness (QED) is 0.434. The Labute approximate surface area is 189 Å². The Kier molecular flexibility index (Phi) is 9.59. The van der Waals surface area contributed by atoms with Crippen LogP contribution in [0.1, 0.15) is 12.5 Å². The Morgan fingerprint density at radius 1 is 1.12 bits per heavy atom. The molecule has 1 aliphatic rings. The summed E-state index contributed by atoms with van der Waals surface area (Å²) in [5.41, 5.74) is 1.06. The third-order valence-corrected chi connectivity index (χ3v) is 5.12. The second-order valence-electron chi connectivity index (χ2n) is 7.60. The molecule has 1 aliphatic heterocycles. The molecule has 8 heteroatoms. The summed E-state index contributed by atoms with van der Waals surface area (Å²) in [6.45, 7) is 8.11. The fourth-order valence-electron chi connectivity index (χ4n) is 3.33. The van der Waals surface area contributed by atoms with E-state index in [2.05, 4.69) is 20.5 Å². The first kappa shape index (κ1) is 23.8. The van der Waals surface area contributed by atoms with Crippen LogP contribution in [0.4, 0.5) is 4.39 Å². The van der Waals surface area contributed by atoms with Crippen LogP contribution in [-0.2, 0) is 11.3 Å². The fraction of sp³-hybridized carbons (Fsp3) is 0.458. The number of benzene rings is 2. The average molecular weight is 445 g/mol. The zero-order valence-electron chi connectivity index (χ0n) is 18.9. The van der Waals surface area contributed by atoms with Crippen LogP contribution >= 0.6 is 0 Å². The number of morpholine rings is 1. The van der Waals surface area contributed by atoms with Gasteiger partial charge in [0.1, 0.15) is 30.0 Å². The smallest absolute Gasteiger partial charge is 0.191 e. The summed E-state index contributed by atoms with van der Waals surface area (Å²) in [4.78, 5) is 6.63. The minimum atomic E-state index is -0.280.